The molecular weight excluding hydrogens is 264 g/mol. The molecule has 1 aromatic rings. The van der Waals surface area contributed by atoms with Crippen LogP contribution in [0.3, 0.4) is 0 Å². The van der Waals surface area contributed by atoms with Crippen LogP contribution in [0.4, 0.5) is 5.69 Å². The number of rotatable bonds is 6. The fraction of sp³-hybridized carbons (Fsp3) is 0.588. The molecule has 0 radical (unpaired) electrons. The first-order valence-electron chi connectivity index (χ1n) is 7.96. The summed E-state index contributed by atoms with van der Waals surface area (Å²) in [5, 5.41) is 13.1. The highest BCUT2D eigenvalue weighted by molar-refractivity contribution is 5.85. The van der Waals surface area contributed by atoms with E-state index in [-0.39, 0.29) is 11.9 Å². The first-order valence-corrected chi connectivity index (χ1v) is 7.96. The smallest absolute Gasteiger partial charge is 0.242 e. The fourth-order valence-corrected chi connectivity index (χ4v) is 2.85. The van der Waals surface area contributed by atoms with Gasteiger partial charge in [0.2, 0.25) is 5.91 Å². The van der Waals surface area contributed by atoms with Crippen molar-refractivity contribution in [3.05, 3.63) is 29.8 Å². The summed E-state index contributed by atoms with van der Waals surface area (Å²) in [5.41, 5.74) is 1.90. The Labute approximate surface area is 127 Å². The van der Waals surface area contributed by atoms with E-state index in [4.69, 9.17) is 0 Å². The van der Waals surface area contributed by atoms with Gasteiger partial charge in [0.15, 0.2) is 0 Å². The van der Waals surface area contributed by atoms with Crippen LogP contribution in [0.1, 0.15) is 51.2 Å². The predicted molar refractivity (Wildman–Crippen MR) is 85.4 cm³/mol. The molecule has 0 spiro atoms. The summed E-state index contributed by atoms with van der Waals surface area (Å²) in [6, 6.07) is 7.60. The number of benzene rings is 1. The van der Waals surface area contributed by atoms with Gasteiger partial charge in [-0.3, -0.25) is 4.79 Å². The first-order chi connectivity index (χ1) is 10.1. The van der Waals surface area contributed by atoms with Gasteiger partial charge in [0.1, 0.15) is 6.04 Å². The molecule has 1 aliphatic heterocycles. The van der Waals surface area contributed by atoms with Crippen LogP contribution in [0.2, 0.25) is 0 Å². The van der Waals surface area contributed by atoms with E-state index in [1.807, 2.05) is 31.2 Å². The Bertz CT molecular complexity index is 476. The van der Waals surface area contributed by atoms with Crippen molar-refractivity contribution in [2.24, 2.45) is 0 Å². The maximum atomic E-state index is 12.3. The monoisotopic (exact) mass is 290 g/mol. The summed E-state index contributed by atoms with van der Waals surface area (Å²) in [5.74, 6) is 0.0669. The van der Waals surface area contributed by atoms with Gasteiger partial charge in [0, 0.05) is 24.3 Å². The van der Waals surface area contributed by atoms with Crippen LogP contribution in [0.5, 0.6) is 0 Å². The van der Waals surface area contributed by atoms with Gasteiger partial charge in [-0.05, 0) is 25.8 Å². The quantitative estimate of drug-likeness (QED) is 0.792. The molecule has 0 fully saturated rings. The molecule has 1 amide bonds. The molecular formula is C17H26N2O2. The Balaban J connectivity index is 2.01. The Morgan fingerprint density at radius 1 is 1.43 bits per heavy atom. The number of amides is 1. The highest BCUT2D eigenvalue weighted by Gasteiger charge is 2.29. The predicted octanol–water partition coefficient (Wildman–Crippen LogP) is 2.63. The van der Waals surface area contributed by atoms with Gasteiger partial charge in [-0.1, -0.05) is 38.0 Å². The second-order valence-electron chi connectivity index (χ2n) is 5.73. The number of para-hydroxylation sites is 1. The third-order valence-corrected chi connectivity index (χ3v) is 4.18. The van der Waals surface area contributed by atoms with Crippen molar-refractivity contribution in [1.29, 1.82) is 0 Å². The Kier molecular flexibility index (Phi) is 5.62. The number of aliphatic hydroxyl groups is 1. The lowest BCUT2D eigenvalue weighted by atomic mass is 9.97. The number of unbranched alkanes of at least 4 members (excludes halogenated alkanes) is 2. The lowest BCUT2D eigenvalue weighted by Crippen LogP contribution is -2.47. The number of anilines is 1. The average molecular weight is 290 g/mol. The summed E-state index contributed by atoms with van der Waals surface area (Å²) in [6.45, 7) is 5.54. The van der Waals surface area contributed by atoms with Crippen molar-refractivity contribution < 1.29 is 9.90 Å². The van der Waals surface area contributed by atoms with E-state index in [2.05, 4.69) is 17.1 Å². The number of hydrogen-bond donors (Lipinski definition) is 2. The zero-order valence-corrected chi connectivity index (χ0v) is 13.0. The number of carbonyl (C=O) groups is 1. The molecule has 1 aromatic carbocycles. The van der Waals surface area contributed by atoms with Gasteiger partial charge in [0.05, 0.1) is 6.10 Å². The number of aliphatic hydroxyl groups excluding tert-OH is 1. The molecule has 21 heavy (non-hydrogen) atoms. The zero-order valence-electron chi connectivity index (χ0n) is 13.0. The van der Waals surface area contributed by atoms with Gasteiger partial charge < -0.3 is 15.3 Å². The van der Waals surface area contributed by atoms with Gasteiger partial charge in [-0.2, -0.15) is 0 Å². The maximum absolute atomic E-state index is 12.3. The number of carbonyl (C=O) groups excluding carboxylic acids is 1. The summed E-state index contributed by atoms with van der Waals surface area (Å²) in [7, 11) is 0. The van der Waals surface area contributed by atoms with Crippen LogP contribution < -0.4 is 10.2 Å². The minimum atomic E-state index is -0.419. The molecule has 116 valence electrons. The van der Waals surface area contributed by atoms with E-state index in [1.54, 1.807) is 0 Å². The van der Waals surface area contributed by atoms with Crippen molar-refractivity contribution in [3.63, 3.8) is 0 Å². The molecule has 2 unspecified atom stereocenters. The first kappa shape index (κ1) is 15.8. The van der Waals surface area contributed by atoms with Crippen LogP contribution in [-0.4, -0.2) is 30.1 Å². The molecule has 2 atom stereocenters. The van der Waals surface area contributed by atoms with Gasteiger partial charge in [0.25, 0.3) is 0 Å². The minimum absolute atomic E-state index is 0.0669. The van der Waals surface area contributed by atoms with Crippen LogP contribution in [-0.2, 0) is 4.79 Å². The second kappa shape index (κ2) is 7.46. The summed E-state index contributed by atoms with van der Waals surface area (Å²) >= 11 is 0. The lowest BCUT2D eigenvalue weighted by Gasteiger charge is -2.37. The SMILES string of the molecule is CCCCCNC(=O)C(C)N1CCC(O)c2ccccc21. The Morgan fingerprint density at radius 2 is 2.19 bits per heavy atom. The van der Waals surface area contributed by atoms with Gasteiger partial charge in [-0.25, -0.2) is 0 Å². The van der Waals surface area contributed by atoms with E-state index in [9.17, 15) is 9.90 Å². The van der Waals surface area contributed by atoms with E-state index in [0.29, 0.717) is 13.0 Å². The highest BCUT2D eigenvalue weighted by Crippen LogP contribution is 2.34. The summed E-state index contributed by atoms with van der Waals surface area (Å²) in [4.78, 5) is 14.4. The van der Waals surface area contributed by atoms with Crippen LogP contribution >= 0.6 is 0 Å². The third kappa shape index (κ3) is 3.76. The molecule has 4 heteroatoms. The topological polar surface area (TPSA) is 52.6 Å². The summed E-state index contributed by atoms with van der Waals surface area (Å²) in [6.07, 6.45) is 3.59. The molecule has 4 nitrogen and oxygen atoms in total. The highest BCUT2D eigenvalue weighted by atomic mass is 16.3. The van der Waals surface area contributed by atoms with Crippen molar-refractivity contribution in [1.82, 2.24) is 5.32 Å². The van der Waals surface area contributed by atoms with Crippen LogP contribution in [0, 0.1) is 0 Å². The van der Waals surface area contributed by atoms with E-state index in [0.717, 1.165) is 37.1 Å². The average Bonchev–Trinajstić information content (AvgIpc) is 2.51. The lowest BCUT2D eigenvalue weighted by molar-refractivity contribution is -0.122. The van der Waals surface area contributed by atoms with Crippen molar-refractivity contribution in [2.75, 3.05) is 18.0 Å². The Hall–Kier alpha value is -1.55. The Morgan fingerprint density at radius 3 is 2.95 bits per heavy atom. The minimum Gasteiger partial charge on any atom is -0.388 e. The molecule has 0 saturated heterocycles. The third-order valence-electron chi connectivity index (χ3n) is 4.18. The number of fused-ring (bicyclic) bond motifs is 1. The number of hydrogen-bond acceptors (Lipinski definition) is 3. The molecule has 0 aliphatic carbocycles. The second-order valence-corrected chi connectivity index (χ2v) is 5.73. The van der Waals surface area contributed by atoms with Crippen LogP contribution in [0.15, 0.2) is 24.3 Å². The summed E-state index contributed by atoms with van der Waals surface area (Å²) < 4.78 is 0. The maximum Gasteiger partial charge on any atom is 0.242 e. The standard InChI is InChI=1S/C17H26N2O2/c1-3-4-7-11-18-17(21)13(2)19-12-10-16(20)14-8-5-6-9-15(14)19/h5-6,8-9,13,16,20H,3-4,7,10-12H2,1-2H3,(H,18,21). The molecule has 0 aromatic heterocycles. The van der Waals surface area contributed by atoms with E-state index in [1.165, 1.54) is 0 Å². The van der Waals surface area contributed by atoms with Gasteiger partial charge in [-0.15, -0.1) is 0 Å². The molecule has 1 aliphatic rings. The van der Waals surface area contributed by atoms with E-state index >= 15 is 0 Å². The normalized spacial score (nSPS) is 19.0. The molecule has 0 bridgehead atoms. The molecule has 0 saturated carbocycles. The van der Waals surface area contributed by atoms with Crippen molar-refractivity contribution >= 4 is 11.6 Å². The van der Waals surface area contributed by atoms with Crippen LogP contribution in [0.25, 0.3) is 0 Å². The van der Waals surface area contributed by atoms with E-state index < -0.39 is 6.10 Å². The van der Waals surface area contributed by atoms with Crippen molar-refractivity contribution in [2.45, 2.75) is 51.7 Å². The molecule has 2 rings (SSSR count). The molecule has 1 heterocycles. The number of nitrogens with zero attached hydrogens (tertiary/aromatic N) is 1. The fourth-order valence-electron chi connectivity index (χ4n) is 2.85. The largest absolute Gasteiger partial charge is 0.388 e. The van der Waals surface area contributed by atoms with Gasteiger partial charge >= 0.3 is 0 Å². The zero-order chi connectivity index (χ0) is 15.2. The molecule has 2 N–H and O–H groups in total. The number of nitrogens with one attached hydrogen (secondary N) is 1. The van der Waals surface area contributed by atoms with Crippen molar-refractivity contribution in [3.8, 4) is 0 Å².